The number of nitrogens with zero attached hydrogens (tertiary/aromatic N) is 1. The van der Waals surface area contributed by atoms with Crippen LogP contribution in [-0.4, -0.2) is 30.4 Å². The van der Waals surface area contributed by atoms with Crippen LogP contribution < -0.4 is 5.73 Å². The highest BCUT2D eigenvalue weighted by atomic mass is 35.5. The lowest BCUT2D eigenvalue weighted by Crippen LogP contribution is -2.30. The minimum absolute atomic E-state index is 0.0885. The molecular formula is C18H18Cl2N2O. The predicted octanol–water partition coefficient (Wildman–Crippen LogP) is 3.81. The van der Waals surface area contributed by atoms with E-state index in [1.54, 1.807) is 18.2 Å². The van der Waals surface area contributed by atoms with Crippen molar-refractivity contribution in [3.63, 3.8) is 0 Å². The van der Waals surface area contributed by atoms with E-state index in [-0.39, 0.29) is 17.7 Å². The van der Waals surface area contributed by atoms with Crippen LogP contribution in [0.15, 0.2) is 48.5 Å². The highest BCUT2D eigenvalue weighted by Gasteiger charge is 2.36. The van der Waals surface area contributed by atoms with Crippen molar-refractivity contribution in [1.29, 1.82) is 0 Å². The number of carbonyl (C=O) groups is 1. The van der Waals surface area contributed by atoms with E-state index in [0.717, 1.165) is 0 Å². The first-order valence-electron chi connectivity index (χ1n) is 7.59. The van der Waals surface area contributed by atoms with Crippen LogP contribution in [-0.2, 0) is 0 Å². The second kappa shape index (κ2) is 6.91. The van der Waals surface area contributed by atoms with E-state index in [9.17, 15) is 4.79 Å². The van der Waals surface area contributed by atoms with Crippen molar-refractivity contribution in [2.24, 2.45) is 11.7 Å². The molecule has 5 heteroatoms. The summed E-state index contributed by atoms with van der Waals surface area (Å²) in [5.41, 5.74) is 7.60. The van der Waals surface area contributed by atoms with Gasteiger partial charge in [0.05, 0.1) is 10.6 Å². The quantitative estimate of drug-likeness (QED) is 0.916. The van der Waals surface area contributed by atoms with Gasteiger partial charge in [-0.05, 0) is 36.2 Å². The predicted molar refractivity (Wildman–Crippen MR) is 94.1 cm³/mol. The molecule has 1 aliphatic heterocycles. The van der Waals surface area contributed by atoms with E-state index in [1.807, 2.05) is 23.1 Å². The molecule has 0 bridgehead atoms. The fourth-order valence-corrected chi connectivity index (χ4v) is 3.56. The van der Waals surface area contributed by atoms with Crippen LogP contribution in [0.1, 0.15) is 21.8 Å². The molecule has 0 unspecified atom stereocenters. The van der Waals surface area contributed by atoms with Crippen LogP contribution in [0.25, 0.3) is 0 Å². The number of amides is 1. The van der Waals surface area contributed by atoms with Gasteiger partial charge in [-0.25, -0.2) is 0 Å². The Bertz CT molecular complexity index is 705. The maximum Gasteiger partial charge on any atom is 0.255 e. The summed E-state index contributed by atoms with van der Waals surface area (Å²) in [6.45, 7) is 1.83. The molecule has 0 spiro atoms. The number of halogens is 2. The number of nitrogens with two attached hydrogens (primary N) is 1. The van der Waals surface area contributed by atoms with Gasteiger partial charge >= 0.3 is 0 Å². The minimum atomic E-state index is -0.0885. The van der Waals surface area contributed by atoms with Crippen molar-refractivity contribution < 1.29 is 4.79 Å². The fraction of sp³-hybridized carbons (Fsp3) is 0.278. The van der Waals surface area contributed by atoms with E-state index < -0.39 is 0 Å². The monoisotopic (exact) mass is 348 g/mol. The fourth-order valence-electron chi connectivity index (χ4n) is 3.19. The molecule has 1 aliphatic rings. The molecule has 1 fully saturated rings. The van der Waals surface area contributed by atoms with Crippen molar-refractivity contribution in [1.82, 2.24) is 4.90 Å². The van der Waals surface area contributed by atoms with E-state index in [2.05, 4.69) is 12.1 Å². The summed E-state index contributed by atoms with van der Waals surface area (Å²) in [7, 11) is 0. The average Bonchev–Trinajstić information content (AvgIpc) is 3.01. The van der Waals surface area contributed by atoms with Crippen molar-refractivity contribution in [2.45, 2.75) is 5.92 Å². The second-order valence-electron chi connectivity index (χ2n) is 5.85. The molecule has 2 atom stereocenters. The number of hydrogen-bond donors (Lipinski definition) is 1. The molecule has 23 heavy (non-hydrogen) atoms. The van der Waals surface area contributed by atoms with Gasteiger partial charge in [-0.3, -0.25) is 4.79 Å². The Morgan fingerprint density at radius 1 is 1.13 bits per heavy atom. The zero-order valence-corrected chi connectivity index (χ0v) is 14.1. The van der Waals surface area contributed by atoms with Crippen LogP contribution in [0, 0.1) is 5.92 Å². The molecule has 0 aliphatic carbocycles. The van der Waals surface area contributed by atoms with Crippen molar-refractivity contribution in [3.8, 4) is 0 Å². The molecule has 3 nitrogen and oxygen atoms in total. The lowest BCUT2D eigenvalue weighted by atomic mass is 9.89. The molecule has 0 aromatic heterocycles. The van der Waals surface area contributed by atoms with E-state index >= 15 is 0 Å². The van der Waals surface area contributed by atoms with Gasteiger partial charge in [-0.15, -0.1) is 0 Å². The molecule has 1 heterocycles. The Morgan fingerprint density at radius 2 is 1.87 bits per heavy atom. The highest BCUT2D eigenvalue weighted by molar-refractivity contribution is 6.35. The Labute approximate surface area is 146 Å². The molecular weight excluding hydrogens is 331 g/mol. The number of benzene rings is 2. The van der Waals surface area contributed by atoms with Crippen molar-refractivity contribution in [2.75, 3.05) is 19.6 Å². The third-order valence-corrected chi connectivity index (χ3v) is 4.98. The average molecular weight is 349 g/mol. The summed E-state index contributed by atoms with van der Waals surface area (Å²) in [5.74, 6) is 0.414. The number of rotatable bonds is 3. The van der Waals surface area contributed by atoms with Crippen LogP contribution >= 0.6 is 23.2 Å². The lowest BCUT2D eigenvalue weighted by Gasteiger charge is -2.17. The van der Waals surface area contributed by atoms with Gasteiger partial charge in [0.1, 0.15) is 0 Å². The highest BCUT2D eigenvalue weighted by Crippen LogP contribution is 2.33. The summed E-state index contributed by atoms with van der Waals surface area (Å²) in [6, 6.07) is 15.2. The van der Waals surface area contributed by atoms with Crippen molar-refractivity contribution in [3.05, 3.63) is 69.7 Å². The Morgan fingerprint density at radius 3 is 2.57 bits per heavy atom. The van der Waals surface area contributed by atoms with E-state index in [1.165, 1.54) is 5.56 Å². The van der Waals surface area contributed by atoms with Gasteiger partial charge in [0.15, 0.2) is 0 Å². The van der Waals surface area contributed by atoms with Gasteiger partial charge in [-0.2, -0.15) is 0 Å². The number of hydrogen-bond acceptors (Lipinski definition) is 2. The Hall–Kier alpha value is -1.55. The summed E-state index contributed by atoms with van der Waals surface area (Å²) in [4.78, 5) is 14.6. The third-order valence-electron chi connectivity index (χ3n) is 4.42. The summed E-state index contributed by atoms with van der Waals surface area (Å²) in [6.07, 6.45) is 0. The number of likely N-dealkylation sites (tertiary alicyclic amines) is 1. The lowest BCUT2D eigenvalue weighted by molar-refractivity contribution is 0.0786. The largest absolute Gasteiger partial charge is 0.338 e. The first-order valence-corrected chi connectivity index (χ1v) is 8.35. The molecule has 2 N–H and O–H groups in total. The maximum absolute atomic E-state index is 12.8. The summed E-state index contributed by atoms with van der Waals surface area (Å²) < 4.78 is 0. The summed E-state index contributed by atoms with van der Waals surface area (Å²) in [5, 5.41) is 0.929. The zero-order valence-electron chi connectivity index (χ0n) is 12.6. The van der Waals surface area contributed by atoms with Crippen LogP contribution in [0.3, 0.4) is 0 Å². The molecule has 1 amide bonds. The van der Waals surface area contributed by atoms with E-state index in [4.69, 9.17) is 28.9 Å². The van der Waals surface area contributed by atoms with Crippen LogP contribution in [0.2, 0.25) is 10.0 Å². The first-order chi connectivity index (χ1) is 11.1. The Balaban J connectivity index is 1.84. The topological polar surface area (TPSA) is 46.3 Å². The molecule has 3 rings (SSSR count). The molecule has 2 aromatic rings. The second-order valence-corrected chi connectivity index (χ2v) is 6.69. The minimum Gasteiger partial charge on any atom is -0.338 e. The smallest absolute Gasteiger partial charge is 0.255 e. The normalized spacial score (nSPS) is 20.7. The molecule has 0 saturated carbocycles. The Kier molecular flexibility index (Phi) is 4.90. The molecule has 2 aromatic carbocycles. The van der Waals surface area contributed by atoms with Gasteiger partial charge in [0.25, 0.3) is 5.91 Å². The standard InChI is InChI=1S/C18H18Cl2N2O/c19-14-6-7-17(20)15(8-14)18(23)22-10-13(9-21)16(11-22)12-4-2-1-3-5-12/h1-8,13,16H,9-11,21H2/t13-,16+/m1/s1. The molecule has 0 radical (unpaired) electrons. The van der Waals surface area contributed by atoms with E-state index in [0.29, 0.717) is 35.2 Å². The first kappa shape index (κ1) is 16.3. The summed E-state index contributed by atoms with van der Waals surface area (Å²) >= 11 is 12.2. The van der Waals surface area contributed by atoms with Crippen LogP contribution in [0.5, 0.6) is 0 Å². The third kappa shape index (κ3) is 3.37. The molecule has 1 saturated heterocycles. The zero-order chi connectivity index (χ0) is 16.4. The SMILES string of the molecule is NC[C@@H]1CN(C(=O)c2cc(Cl)ccc2Cl)C[C@H]1c1ccccc1. The maximum atomic E-state index is 12.8. The van der Waals surface area contributed by atoms with Gasteiger partial charge < -0.3 is 10.6 Å². The van der Waals surface area contributed by atoms with Gasteiger partial charge in [0.2, 0.25) is 0 Å². The van der Waals surface area contributed by atoms with Gasteiger partial charge in [-0.1, -0.05) is 53.5 Å². The van der Waals surface area contributed by atoms with Crippen LogP contribution in [0.4, 0.5) is 0 Å². The van der Waals surface area contributed by atoms with Crippen molar-refractivity contribution >= 4 is 29.1 Å². The molecule has 120 valence electrons. The number of carbonyl (C=O) groups excluding carboxylic acids is 1. The van der Waals surface area contributed by atoms with Gasteiger partial charge in [0, 0.05) is 24.0 Å².